The Morgan fingerprint density at radius 1 is 1.40 bits per heavy atom. The van der Waals surface area contributed by atoms with Crippen molar-refractivity contribution in [2.45, 2.75) is 18.2 Å². The minimum atomic E-state index is 0.616. The van der Waals surface area contributed by atoms with Crippen LogP contribution in [0.15, 0.2) is 24.3 Å². The number of rotatable bonds is 4. The third kappa shape index (κ3) is 2.29. The van der Waals surface area contributed by atoms with Gasteiger partial charge in [0.05, 0.1) is 6.61 Å². The smallest absolute Gasteiger partial charge is 0.119 e. The maximum atomic E-state index is 5.42. The van der Waals surface area contributed by atoms with Gasteiger partial charge in [-0.1, -0.05) is 12.1 Å². The van der Waals surface area contributed by atoms with E-state index in [0.29, 0.717) is 11.3 Å². The Morgan fingerprint density at radius 3 is 2.60 bits per heavy atom. The second-order valence-corrected chi connectivity index (χ2v) is 4.83. The van der Waals surface area contributed by atoms with Crippen LogP contribution in [0, 0.1) is 0 Å². The van der Waals surface area contributed by atoms with Gasteiger partial charge in [0, 0.05) is 17.0 Å². The molecule has 0 radical (unpaired) electrons. The summed E-state index contributed by atoms with van der Waals surface area (Å²) in [5.41, 5.74) is 1.40. The monoisotopic (exact) mass is 223 g/mol. The lowest BCUT2D eigenvalue weighted by atomic mass is 10.1. The van der Waals surface area contributed by atoms with E-state index < -0.39 is 0 Å². The molecule has 1 aliphatic heterocycles. The average molecular weight is 223 g/mol. The molecule has 0 bridgehead atoms. The van der Waals surface area contributed by atoms with Gasteiger partial charge in [-0.05, 0) is 31.7 Å². The minimum absolute atomic E-state index is 0.616. The molecule has 3 heteroatoms. The summed E-state index contributed by atoms with van der Waals surface area (Å²) in [6.07, 6.45) is 0. The van der Waals surface area contributed by atoms with Crippen molar-refractivity contribution in [3.63, 3.8) is 0 Å². The zero-order chi connectivity index (χ0) is 10.7. The molecule has 0 spiro atoms. The highest BCUT2D eigenvalue weighted by Crippen LogP contribution is 2.42. The molecule has 82 valence electrons. The summed E-state index contributed by atoms with van der Waals surface area (Å²) in [5, 5.41) is 3.95. The highest BCUT2D eigenvalue weighted by Gasteiger charge is 2.31. The Balaban J connectivity index is 2.03. The molecule has 0 aliphatic carbocycles. The number of hydrogen-bond acceptors (Lipinski definition) is 3. The van der Waals surface area contributed by atoms with Crippen LogP contribution in [0.5, 0.6) is 5.75 Å². The van der Waals surface area contributed by atoms with Gasteiger partial charge >= 0.3 is 0 Å². The van der Waals surface area contributed by atoms with Crippen molar-refractivity contribution >= 4 is 11.8 Å². The average Bonchev–Trinajstić information content (AvgIpc) is 2.20. The fourth-order valence-corrected chi connectivity index (χ4v) is 3.00. The van der Waals surface area contributed by atoms with Gasteiger partial charge in [-0.3, -0.25) is 0 Å². The molecule has 1 aliphatic rings. The molecule has 0 saturated carbocycles. The molecule has 1 fully saturated rings. The zero-order valence-electron chi connectivity index (χ0n) is 9.19. The number of hydrogen-bond donors (Lipinski definition) is 1. The van der Waals surface area contributed by atoms with Crippen LogP contribution in [0.4, 0.5) is 0 Å². The van der Waals surface area contributed by atoms with Crippen molar-refractivity contribution in [1.29, 1.82) is 0 Å². The molecule has 1 aromatic carbocycles. The number of ether oxygens (including phenoxy) is 1. The maximum absolute atomic E-state index is 5.42. The molecular weight excluding hydrogens is 206 g/mol. The molecule has 2 unspecified atom stereocenters. The predicted molar refractivity (Wildman–Crippen MR) is 65.7 cm³/mol. The Morgan fingerprint density at radius 2 is 2.13 bits per heavy atom. The van der Waals surface area contributed by atoms with Crippen LogP contribution >= 0.6 is 11.8 Å². The predicted octanol–water partition coefficient (Wildman–Crippen LogP) is 2.46. The molecule has 15 heavy (non-hydrogen) atoms. The topological polar surface area (TPSA) is 21.3 Å². The highest BCUT2D eigenvalue weighted by molar-refractivity contribution is 8.01. The van der Waals surface area contributed by atoms with E-state index in [2.05, 4.69) is 29.6 Å². The molecular formula is C12H17NOS. The summed E-state index contributed by atoms with van der Waals surface area (Å²) in [5.74, 6) is 2.18. The van der Waals surface area contributed by atoms with Gasteiger partial charge < -0.3 is 10.1 Å². The van der Waals surface area contributed by atoms with Crippen molar-refractivity contribution in [3.8, 4) is 5.75 Å². The van der Waals surface area contributed by atoms with Gasteiger partial charge in [-0.2, -0.15) is 11.8 Å². The number of likely N-dealkylation sites (N-methyl/N-ethyl adjacent to an activating group) is 1. The van der Waals surface area contributed by atoms with E-state index in [1.165, 1.54) is 11.3 Å². The summed E-state index contributed by atoms with van der Waals surface area (Å²) in [7, 11) is 2.03. The quantitative estimate of drug-likeness (QED) is 0.847. The summed E-state index contributed by atoms with van der Waals surface area (Å²) in [6, 6.07) is 9.10. The van der Waals surface area contributed by atoms with Crippen molar-refractivity contribution in [2.24, 2.45) is 0 Å². The van der Waals surface area contributed by atoms with E-state index in [1.54, 1.807) is 0 Å². The second kappa shape index (κ2) is 4.90. The van der Waals surface area contributed by atoms with Crippen molar-refractivity contribution in [1.82, 2.24) is 5.32 Å². The molecule has 2 rings (SSSR count). The molecule has 0 amide bonds. The van der Waals surface area contributed by atoms with Crippen molar-refractivity contribution in [2.75, 3.05) is 19.4 Å². The Kier molecular flexibility index (Phi) is 3.54. The van der Waals surface area contributed by atoms with Gasteiger partial charge in [0.15, 0.2) is 0 Å². The fraction of sp³-hybridized carbons (Fsp3) is 0.500. The Hall–Kier alpha value is -0.670. The standard InChI is InChI=1S/C12H17NOS/c1-3-14-10-6-4-9(5-7-10)12-11(13-2)8-15-12/h4-7,11-13H,3,8H2,1-2H3. The van der Waals surface area contributed by atoms with Gasteiger partial charge in [-0.25, -0.2) is 0 Å². The van der Waals surface area contributed by atoms with E-state index in [1.807, 2.05) is 25.7 Å². The van der Waals surface area contributed by atoms with Crippen LogP contribution in [0.3, 0.4) is 0 Å². The van der Waals surface area contributed by atoms with Crippen LogP contribution in [-0.4, -0.2) is 25.4 Å². The van der Waals surface area contributed by atoms with E-state index in [-0.39, 0.29) is 0 Å². The van der Waals surface area contributed by atoms with Crippen LogP contribution in [0.1, 0.15) is 17.7 Å². The normalized spacial score (nSPS) is 24.7. The number of thioether (sulfide) groups is 1. The molecule has 1 heterocycles. The first kappa shape index (κ1) is 10.8. The van der Waals surface area contributed by atoms with E-state index in [9.17, 15) is 0 Å². The lowest BCUT2D eigenvalue weighted by Gasteiger charge is -2.36. The van der Waals surface area contributed by atoms with Gasteiger partial charge in [0.25, 0.3) is 0 Å². The van der Waals surface area contributed by atoms with E-state index in [4.69, 9.17) is 4.74 Å². The first-order chi connectivity index (χ1) is 7.35. The molecule has 2 nitrogen and oxygen atoms in total. The van der Waals surface area contributed by atoms with Crippen molar-refractivity contribution < 1.29 is 4.74 Å². The van der Waals surface area contributed by atoms with Gasteiger partial charge in [0.2, 0.25) is 0 Å². The van der Waals surface area contributed by atoms with Crippen LogP contribution in [-0.2, 0) is 0 Å². The molecule has 1 N–H and O–H groups in total. The van der Waals surface area contributed by atoms with Crippen LogP contribution < -0.4 is 10.1 Å². The Labute approximate surface area is 95.4 Å². The largest absolute Gasteiger partial charge is 0.494 e. The summed E-state index contributed by atoms with van der Waals surface area (Å²) in [4.78, 5) is 0. The van der Waals surface area contributed by atoms with E-state index in [0.717, 1.165) is 12.4 Å². The number of nitrogens with one attached hydrogen (secondary N) is 1. The summed E-state index contributed by atoms with van der Waals surface area (Å²) >= 11 is 2.01. The van der Waals surface area contributed by atoms with E-state index >= 15 is 0 Å². The third-order valence-corrected chi connectivity index (χ3v) is 4.22. The molecule has 1 aromatic rings. The summed E-state index contributed by atoms with van der Waals surface area (Å²) < 4.78 is 5.42. The zero-order valence-corrected chi connectivity index (χ0v) is 10.0. The van der Waals surface area contributed by atoms with Crippen molar-refractivity contribution in [3.05, 3.63) is 29.8 Å². The van der Waals surface area contributed by atoms with Gasteiger partial charge in [-0.15, -0.1) is 0 Å². The highest BCUT2D eigenvalue weighted by atomic mass is 32.2. The SMILES string of the molecule is CCOc1ccc(C2SCC2NC)cc1. The first-order valence-electron chi connectivity index (χ1n) is 5.36. The summed E-state index contributed by atoms with van der Waals surface area (Å²) in [6.45, 7) is 2.74. The lowest BCUT2D eigenvalue weighted by Crippen LogP contribution is -2.40. The van der Waals surface area contributed by atoms with Crippen LogP contribution in [0.25, 0.3) is 0 Å². The lowest BCUT2D eigenvalue weighted by molar-refractivity contribution is 0.340. The molecule has 2 atom stereocenters. The molecule has 1 saturated heterocycles. The molecule has 0 aromatic heterocycles. The maximum Gasteiger partial charge on any atom is 0.119 e. The van der Waals surface area contributed by atoms with Crippen LogP contribution in [0.2, 0.25) is 0 Å². The second-order valence-electron chi connectivity index (χ2n) is 3.65. The fourth-order valence-electron chi connectivity index (χ4n) is 1.77. The van der Waals surface area contributed by atoms with Gasteiger partial charge in [0.1, 0.15) is 5.75 Å². The number of benzene rings is 1. The Bertz CT molecular complexity index is 310. The minimum Gasteiger partial charge on any atom is -0.494 e. The first-order valence-corrected chi connectivity index (χ1v) is 6.41. The third-order valence-electron chi connectivity index (χ3n) is 2.71.